The van der Waals surface area contributed by atoms with E-state index in [1.165, 1.54) is 24.3 Å². The van der Waals surface area contributed by atoms with Crippen LogP contribution in [0, 0.1) is 16.7 Å². The van der Waals surface area contributed by atoms with Crippen LogP contribution in [0.1, 0.15) is 63.9 Å². The zero-order chi connectivity index (χ0) is 31.5. The molecule has 3 aromatic carbocycles. The van der Waals surface area contributed by atoms with E-state index < -0.39 is 5.97 Å². The number of aliphatic imine (C=N–C) groups is 1. The van der Waals surface area contributed by atoms with Crippen LogP contribution in [-0.2, 0) is 14.3 Å². The average Bonchev–Trinajstić information content (AvgIpc) is 2.95. The van der Waals surface area contributed by atoms with Crippen molar-refractivity contribution in [2.45, 2.75) is 48.0 Å². The van der Waals surface area contributed by atoms with Crippen LogP contribution >= 0.6 is 0 Å². The van der Waals surface area contributed by atoms with E-state index in [0.717, 1.165) is 12.0 Å². The summed E-state index contributed by atoms with van der Waals surface area (Å²) in [5.74, 6) is 0.325. The Morgan fingerprint density at radius 1 is 0.791 bits per heavy atom. The highest BCUT2D eigenvalue weighted by Crippen LogP contribution is 2.36. The highest BCUT2D eigenvalue weighted by atomic mass is 16.6. The summed E-state index contributed by atoms with van der Waals surface area (Å²) in [4.78, 5) is 29.4. The first-order valence-corrected chi connectivity index (χ1v) is 14.4. The van der Waals surface area contributed by atoms with Crippen molar-refractivity contribution < 1.29 is 33.6 Å². The fraction of sp³-hybridized carbons (Fsp3) is 0.400. The summed E-state index contributed by atoms with van der Waals surface area (Å²) in [6.45, 7) is 13.9. The molecular formula is C35H43NO7. The number of hydrogen-bond acceptors (Lipinski definition) is 8. The topological polar surface area (TPSA) is 104 Å². The number of phenolic OH excluding ortho intramolecular Hbond substituents is 1. The molecule has 3 aromatic rings. The van der Waals surface area contributed by atoms with Gasteiger partial charge in [0.15, 0.2) is 0 Å². The Hall–Kier alpha value is -4.17. The number of aromatic hydroxyl groups is 1. The summed E-state index contributed by atoms with van der Waals surface area (Å²) in [7, 11) is 0. The Balaban J connectivity index is 1.35. The van der Waals surface area contributed by atoms with Crippen LogP contribution < -0.4 is 9.47 Å². The maximum atomic E-state index is 12.7. The van der Waals surface area contributed by atoms with Crippen molar-refractivity contribution in [1.82, 2.24) is 0 Å². The van der Waals surface area contributed by atoms with Gasteiger partial charge in [0.25, 0.3) is 0 Å². The van der Waals surface area contributed by atoms with E-state index in [-0.39, 0.29) is 35.1 Å². The van der Waals surface area contributed by atoms with Gasteiger partial charge in [-0.3, -0.25) is 9.79 Å². The van der Waals surface area contributed by atoms with Crippen molar-refractivity contribution in [3.63, 3.8) is 0 Å². The van der Waals surface area contributed by atoms with Gasteiger partial charge in [-0.2, -0.15) is 0 Å². The van der Waals surface area contributed by atoms with Crippen LogP contribution in [0.15, 0.2) is 77.8 Å². The molecule has 0 aliphatic carbocycles. The van der Waals surface area contributed by atoms with E-state index in [1.807, 2.05) is 24.3 Å². The van der Waals surface area contributed by atoms with E-state index >= 15 is 0 Å². The number of carbonyl (C=O) groups is 2. The molecule has 0 aliphatic heterocycles. The van der Waals surface area contributed by atoms with Crippen LogP contribution in [0.25, 0.3) is 0 Å². The molecule has 1 N–H and O–H groups in total. The third-order valence-corrected chi connectivity index (χ3v) is 6.51. The van der Waals surface area contributed by atoms with Gasteiger partial charge in [-0.25, -0.2) is 4.79 Å². The van der Waals surface area contributed by atoms with Crippen LogP contribution in [0.4, 0.5) is 5.69 Å². The molecule has 1 unspecified atom stereocenters. The molecule has 0 aliphatic rings. The number of phenols is 1. The minimum Gasteiger partial charge on any atom is -0.508 e. The van der Waals surface area contributed by atoms with Gasteiger partial charge in [0.05, 0.1) is 30.4 Å². The molecule has 1 atom stereocenters. The number of esters is 2. The van der Waals surface area contributed by atoms with Crippen molar-refractivity contribution in [2.75, 3.05) is 26.4 Å². The largest absolute Gasteiger partial charge is 0.508 e. The number of rotatable bonds is 13. The molecule has 8 heteroatoms. The standard InChI is InChI=1S/C35H43NO7/c1-34(2,3)23-31(35(4,5)6)33(39)42-22-20-40-19-21-41-29-15-7-25(8-16-29)24-36-27-11-9-26(10-12-27)32(38)43-30-17-13-28(37)14-18-30/h7-18,24,31,37H,19-23H2,1-6H3. The summed E-state index contributed by atoms with van der Waals surface area (Å²) in [6, 6.07) is 20.2. The summed E-state index contributed by atoms with van der Waals surface area (Å²) >= 11 is 0. The van der Waals surface area contributed by atoms with Gasteiger partial charge in [-0.15, -0.1) is 0 Å². The fourth-order valence-electron chi connectivity index (χ4n) is 4.14. The van der Waals surface area contributed by atoms with Crippen molar-refractivity contribution in [3.05, 3.63) is 83.9 Å². The third kappa shape index (κ3) is 11.9. The van der Waals surface area contributed by atoms with Gasteiger partial charge in [0, 0.05) is 6.21 Å². The smallest absolute Gasteiger partial charge is 0.343 e. The molecule has 3 rings (SSSR count). The van der Waals surface area contributed by atoms with Crippen molar-refractivity contribution in [3.8, 4) is 17.2 Å². The van der Waals surface area contributed by atoms with E-state index in [2.05, 4.69) is 46.5 Å². The van der Waals surface area contributed by atoms with Crippen LogP contribution in [0.2, 0.25) is 0 Å². The predicted molar refractivity (Wildman–Crippen MR) is 167 cm³/mol. The maximum absolute atomic E-state index is 12.7. The van der Waals surface area contributed by atoms with E-state index in [4.69, 9.17) is 18.9 Å². The molecule has 0 saturated carbocycles. The number of ether oxygens (including phenoxy) is 4. The molecule has 8 nitrogen and oxygen atoms in total. The Labute approximate surface area is 254 Å². The van der Waals surface area contributed by atoms with Crippen LogP contribution in [0.3, 0.4) is 0 Å². The molecule has 0 bridgehead atoms. The highest BCUT2D eigenvalue weighted by Gasteiger charge is 2.35. The summed E-state index contributed by atoms with van der Waals surface area (Å²) in [5, 5.41) is 9.34. The molecule has 0 fully saturated rings. The van der Waals surface area contributed by atoms with Gasteiger partial charge in [-0.05, 0) is 95.6 Å². The van der Waals surface area contributed by atoms with E-state index in [0.29, 0.717) is 42.6 Å². The van der Waals surface area contributed by atoms with Crippen LogP contribution in [0.5, 0.6) is 17.2 Å². The van der Waals surface area contributed by atoms with Crippen molar-refractivity contribution in [2.24, 2.45) is 21.7 Å². The zero-order valence-corrected chi connectivity index (χ0v) is 26.0. The van der Waals surface area contributed by atoms with Gasteiger partial charge in [0.2, 0.25) is 0 Å². The molecule has 0 radical (unpaired) electrons. The second-order valence-corrected chi connectivity index (χ2v) is 12.6. The number of hydrogen-bond donors (Lipinski definition) is 1. The quantitative estimate of drug-likeness (QED) is 0.0959. The minimum atomic E-state index is -0.494. The monoisotopic (exact) mass is 589 g/mol. The van der Waals surface area contributed by atoms with Crippen LogP contribution in [-0.4, -0.2) is 49.7 Å². The van der Waals surface area contributed by atoms with E-state index in [9.17, 15) is 14.7 Å². The lowest BCUT2D eigenvalue weighted by molar-refractivity contribution is -0.155. The molecule has 230 valence electrons. The molecule has 0 aromatic heterocycles. The number of carbonyl (C=O) groups excluding carboxylic acids is 2. The Bertz CT molecular complexity index is 1330. The van der Waals surface area contributed by atoms with E-state index in [1.54, 1.807) is 30.5 Å². The summed E-state index contributed by atoms with van der Waals surface area (Å²) in [5.41, 5.74) is 1.84. The number of benzene rings is 3. The maximum Gasteiger partial charge on any atom is 0.343 e. The first-order chi connectivity index (χ1) is 20.3. The average molecular weight is 590 g/mol. The molecule has 0 saturated heterocycles. The van der Waals surface area contributed by atoms with Gasteiger partial charge < -0.3 is 24.1 Å². The van der Waals surface area contributed by atoms with Crippen molar-refractivity contribution in [1.29, 1.82) is 0 Å². The van der Waals surface area contributed by atoms with Crippen molar-refractivity contribution >= 4 is 23.8 Å². The molecular weight excluding hydrogens is 546 g/mol. The molecule has 0 spiro atoms. The lowest BCUT2D eigenvalue weighted by Crippen LogP contribution is -2.34. The lowest BCUT2D eigenvalue weighted by Gasteiger charge is -2.33. The molecule has 0 heterocycles. The highest BCUT2D eigenvalue weighted by molar-refractivity contribution is 5.91. The van der Waals surface area contributed by atoms with Gasteiger partial charge >= 0.3 is 11.9 Å². The summed E-state index contributed by atoms with van der Waals surface area (Å²) < 4.78 is 22.1. The second-order valence-electron chi connectivity index (χ2n) is 12.6. The van der Waals surface area contributed by atoms with Gasteiger partial charge in [-0.1, -0.05) is 41.5 Å². The van der Waals surface area contributed by atoms with Gasteiger partial charge in [0.1, 0.15) is 30.5 Å². The number of nitrogens with zero attached hydrogens (tertiary/aromatic N) is 1. The minimum absolute atomic E-state index is 0.0400. The fourth-order valence-corrected chi connectivity index (χ4v) is 4.14. The third-order valence-electron chi connectivity index (χ3n) is 6.51. The zero-order valence-electron chi connectivity index (χ0n) is 26.0. The summed E-state index contributed by atoms with van der Waals surface area (Å²) in [6.07, 6.45) is 2.49. The Morgan fingerprint density at radius 2 is 1.40 bits per heavy atom. The Kier molecular flexibility index (Phi) is 11.9. The second kappa shape index (κ2) is 15.3. The first-order valence-electron chi connectivity index (χ1n) is 14.4. The normalized spacial score (nSPS) is 12.6. The SMILES string of the molecule is CC(C)(C)CC(C(=O)OCCOCCOc1ccc(C=Nc2ccc(C(=O)Oc3ccc(O)cc3)cc2)cc1)C(C)(C)C. The molecule has 0 amide bonds. The predicted octanol–water partition coefficient (Wildman–Crippen LogP) is 7.40. The molecule has 43 heavy (non-hydrogen) atoms. The first kappa shape index (κ1) is 33.3. The lowest BCUT2D eigenvalue weighted by atomic mass is 9.72. The Morgan fingerprint density at radius 3 is 2.00 bits per heavy atom.